The Kier molecular flexibility index (Phi) is 3.61. The smallest absolute Gasteiger partial charge is 0.167 e. The second-order valence-corrected chi connectivity index (χ2v) is 3.52. The number of carbonyl (C=O) groups excluding carboxylic acids is 2. The second kappa shape index (κ2) is 4.73. The maximum absolute atomic E-state index is 11.1. The number of hydrogen-bond donors (Lipinski definition) is 0. The van der Waals surface area contributed by atoms with Gasteiger partial charge in [-0.05, 0) is 44.5 Å². The van der Waals surface area contributed by atoms with Crippen LogP contribution in [0.2, 0.25) is 0 Å². The van der Waals surface area contributed by atoms with Crippen molar-refractivity contribution < 1.29 is 14.3 Å². The lowest BCUT2D eigenvalue weighted by Gasteiger charge is -2.07. The fraction of sp³-hybridized carbons (Fsp3) is 0.333. The number of aryl methyl sites for hydroxylation is 1. The Bertz CT molecular complexity index is 394. The molecule has 0 spiro atoms. The molecule has 0 saturated carbocycles. The van der Waals surface area contributed by atoms with Crippen LogP contribution in [-0.2, 0) is 4.79 Å². The van der Waals surface area contributed by atoms with Crippen molar-refractivity contribution in [1.29, 1.82) is 0 Å². The van der Waals surface area contributed by atoms with Crippen LogP contribution in [0.5, 0.6) is 5.75 Å². The molecule has 0 radical (unpaired) electrons. The number of ether oxygens (including phenoxy) is 1. The van der Waals surface area contributed by atoms with Crippen LogP contribution in [0.1, 0.15) is 29.8 Å². The van der Waals surface area contributed by atoms with Crippen LogP contribution in [-0.4, -0.2) is 18.2 Å². The van der Waals surface area contributed by atoms with Crippen molar-refractivity contribution in [1.82, 2.24) is 0 Å². The molecule has 0 aromatic heterocycles. The minimum absolute atomic E-state index is 0.0247. The molecule has 0 aliphatic rings. The first-order chi connectivity index (χ1) is 7.00. The third-order valence-electron chi connectivity index (χ3n) is 2.02. The third kappa shape index (κ3) is 3.20. The molecule has 0 N–H and O–H groups in total. The lowest BCUT2D eigenvalue weighted by Crippen LogP contribution is -2.07. The predicted octanol–water partition coefficient (Wildman–Crippen LogP) is 2.17. The summed E-state index contributed by atoms with van der Waals surface area (Å²) in [7, 11) is 0. The lowest BCUT2D eigenvalue weighted by atomic mass is 10.1. The van der Waals surface area contributed by atoms with Crippen LogP contribution >= 0.6 is 0 Å². The number of benzene rings is 1. The molecule has 3 nitrogen and oxygen atoms in total. The second-order valence-electron chi connectivity index (χ2n) is 3.52. The normalized spacial score (nSPS) is 9.80. The Morgan fingerprint density at radius 2 is 1.93 bits per heavy atom. The molecule has 0 atom stereocenters. The van der Waals surface area contributed by atoms with Crippen LogP contribution in [0.25, 0.3) is 0 Å². The highest BCUT2D eigenvalue weighted by molar-refractivity contribution is 5.95. The highest BCUT2D eigenvalue weighted by atomic mass is 16.5. The van der Waals surface area contributed by atoms with Crippen LogP contribution in [0.4, 0.5) is 0 Å². The van der Waals surface area contributed by atoms with Gasteiger partial charge in [-0.3, -0.25) is 9.59 Å². The summed E-state index contributed by atoms with van der Waals surface area (Å²) >= 11 is 0. The largest absolute Gasteiger partial charge is 0.486 e. The summed E-state index contributed by atoms with van der Waals surface area (Å²) in [5.74, 6) is 0.626. The summed E-state index contributed by atoms with van der Waals surface area (Å²) in [6, 6.07) is 5.18. The summed E-state index contributed by atoms with van der Waals surface area (Å²) < 4.78 is 5.22. The first kappa shape index (κ1) is 11.4. The zero-order valence-corrected chi connectivity index (χ0v) is 9.16. The van der Waals surface area contributed by atoms with E-state index in [9.17, 15) is 9.59 Å². The van der Waals surface area contributed by atoms with Crippen LogP contribution in [0.3, 0.4) is 0 Å². The van der Waals surface area contributed by atoms with Gasteiger partial charge in [0.25, 0.3) is 0 Å². The van der Waals surface area contributed by atoms with Crippen molar-refractivity contribution in [3.63, 3.8) is 0 Å². The van der Waals surface area contributed by atoms with E-state index in [-0.39, 0.29) is 18.2 Å². The lowest BCUT2D eigenvalue weighted by molar-refractivity contribution is -0.118. The van der Waals surface area contributed by atoms with Gasteiger partial charge in [0, 0.05) is 5.56 Å². The van der Waals surface area contributed by atoms with Crippen molar-refractivity contribution in [2.45, 2.75) is 20.8 Å². The Morgan fingerprint density at radius 3 is 2.40 bits per heavy atom. The summed E-state index contributed by atoms with van der Waals surface area (Å²) in [6.45, 7) is 4.91. The van der Waals surface area contributed by atoms with Gasteiger partial charge in [0.15, 0.2) is 11.6 Å². The Balaban J connectivity index is 2.82. The molecule has 0 saturated heterocycles. The summed E-state index contributed by atoms with van der Waals surface area (Å²) in [4.78, 5) is 21.8. The van der Waals surface area contributed by atoms with Gasteiger partial charge in [0.05, 0.1) is 0 Å². The van der Waals surface area contributed by atoms with E-state index in [0.29, 0.717) is 11.3 Å². The van der Waals surface area contributed by atoms with Crippen molar-refractivity contribution in [2.24, 2.45) is 0 Å². The number of carbonyl (C=O) groups is 2. The summed E-state index contributed by atoms with van der Waals surface area (Å²) in [5.41, 5.74) is 1.55. The van der Waals surface area contributed by atoms with Gasteiger partial charge in [0.2, 0.25) is 0 Å². The zero-order chi connectivity index (χ0) is 11.4. The number of rotatable bonds is 4. The Hall–Kier alpha value is -1.64. The van der Waals surface area contributed by atoms with Crippen LogP contribution in [0.15, 0.2) is 18.2 Å². The van der Waals surface area contributed by atoms with E-state index in [1.54, 1.807) is 18.2 Å². The molecule has 0 bridgehead atoms. The minimum atomic E-state index is -0.0247. The van der Waals surface area contributed by atoms with Gasteiger partial charge in [-0.1, -0.05) is 0 Å². The molecule has 1 aromatic rings. The molecule has 0 unspecified atom stereocenters. The fourth-order valence-electron chi connectivity index (χ4n) is 1.31. The minimum Gasteiger partial charge on any atom is -0.486 e. The van der Waals surface area contributed by atoms with Gasteiger partial charge in [-0.2, -0.15) is 0 Å². The Morgan fingerprint density at radius 1 is 1.27 bits per heavy atom. The van der Waals surface area contributed by atoms with Gasteiger partial charge < -0.3 is 4.74 Å². The van der Waals surface area contributed by atoms with E-state index in [2.05, 4.69) is 0 Å². The third-order valence-corrected chi connectivity index (χ3v) is 2.02. The number of ketones is 2. The van der Waals surface area contributed by atoms with Crippen LogP contribution in [0, 0.1) is 6.92 Å². The molecular weight excluding hydrogens is 192 g/mol. The van der Waals surface area contributed by atoms with Gasteiger partial charge in [-0.15, -0.1) is 0 Å². The number of Topliss-reactive ketones (excluding diaryl/α,β-unsaturated/α-hetero) is 2. The van der Waals surface area contributed by atoms with Crippen LogP contribution < -0.4 is 4.74 Å². The van der Waals surface area contributed by atoms with E-state index >= 15 is 0 Å². The first-order valence-electron chi connectivity index (χ1n) is 4.74. The SMILES string of the molecule is CC(=O)COc1ccc(C(C)=O)c(C)c1. The molecule has 0 fully saturated rings. The average Bonchev–Trinajstić information content (AvgIpc) is 2.14. The average molecular weight is 206 g/mol. The van der Waals surface area contributed by atoms with Gasteiger partial charge in [-0.25, -0.2) is 0 Å². The van der Waals surface area contributed by atoms with Crippen molar-refractivity contribution in [3.05, 3.63) is 29.3 Å². The molecule has 3 heteroatoms. The Labute approximate surface area is 89.1 Å². The molecule has 15 heavy (non-hydrogen) atoms. The molecule has 1 aromatic carbocycles. The summed E-state index contributed by atoms with van der Waals surface area (Å²) in [5, 5.41) is 0. The van der Waals surface area contributed by atoms with E-state index in [0.717, 1.165) is 5.56 Å². The maximum Gasteiger partial charge on any atom is 0.167 e. The maximum atomic E-state index is 11.1. The highest BCUT2D eigenvalue weighted by Gasteiger charge is 2.05. The molecule has 0 aliphatic heterocycles. The molecule has 0 heterocycles. The van der Waals surface area contributed by atoms with E-state index in [1.165, 1.54) is 13.8 Å². The summed E-state index contributed by atoms with van der Waals surface area (Å²) in [6.07, 6.45) is 0. The quantitative estimate of drug-likeness (QED) is 0.709. The van der Waals surface area contributed by atoms with Gasteiger partial charge in [0.1, 0.15) is 12.4 Å². The first-order valence-corrected chi connectivity index (χ1v) is 4.74. The van der Waals surface area contributed by atoms with E-state index in [4.69, 9.17) is 4.74 Å². The van der Waals surface area contributed by atoms with E-state index < -0.39 is 0 Å². The molecule has 0 amide bonds. The molecule has 1 rings (SSSR count). The molecule has 0 aliphatic carbocycles. The molecule has 80 valence electrons. The monoisotopic (exact) mass is 206 g/mol. The van der Waals surface area contributed by atoms with Gasteiger partial charge >= 0.3 is 0 Å². The molecular formula is C12H14O3. The van der Waals surface area contributed by atoms with Crippen molar-refractivity contribution in [3.8, 4) is 5.75 Å². The topological polar surface area (TPSA) is 43.4 Å². The standard InChI is InChI=1S/C12H14O3/c1-8-6-11(15-7-9(2)13)4-5-12(8)10(3)14/h4-6H,7H2,1-3H3. The fourth-order valence-corrected chi connectivity index (χ4v) is 1.31. The zero-order valence-electron chi connectivity index (χ0n) is 9.16. The van der Waals surface area contributed by atoms with Crippen molar-refractivity contribution in [2.75, 3.05) is 6.61 Å². The highest BCUT2D eigenvalue weighted by Crippen LogP contribution is 2.17. The van der Waals surface area contributed by atoms with E-state index in [1.807, 2.05) is 6.92 Å². The predicted molar refractivity (Wildman–Crippen MR) is 57.4 cm³/mol. The number of hydrogen-bond acceptors (Lipinski definition) is 3. The van der Waals surface area contributed by atoms with Crippen molar-refractivity contribution >= 4 is 11.6 Å².